The summed E-state index contributed by atoms with van der Waals surface area (Å²) in [6, 6.07) is 4.88. The number of rotatable bonds is 8. The lowest BCUT2D eigenvalue weighted by molar-refractivity contribution is 0.0950. The minimum atomic E-state index is -0.253. The highest BCUT2D eigenvalue weighted by molar-refractivity contribution is 6.30. The number of carbonyl (C=O) groups excluding carboxylic acids is 1. The zero-order valence-electron chi connectivity index (χ0n) is 12.5. The minimum absolute atomic E-state index is 0.180. The molecule has 0 atom stereocenters. The van der Waals surface area contributed by atoms with Crippen LogP contribution in [0.5, 0.6) is 5.75 Å². The number of ether oxygens (including phenoxy) is 1. The van der Waals surface area contributed by atoms with Crippen LogP contribution in [0, 0.1) is 0 Å². The lowest BCUT2D eigenvalue weighted by Gasteiger charge is -2.11. The van der Waals surface area contributed by atoms with Gasteiger partial charge in [-0.25, -0.2) is 0 Å². The van der Waals surface area contributed by atoms with Crippen LogP contribution in [0.3, 0.4) is 0 Å². The molecule has 0 bridgehead atoms. The SMILES string of the molecule is NCCCOc1cc(Cl)ccc1C(=O)NCCc1nc(N)n[nH]1. The molecular formula is C14H19ClN6O2. The third-order valence-electron chi connectivity index (χ3n) is 2.99. The fraction of sp³-hybridized carbons (Fsp3) is 0.357. The van der Waals surface area contributed by atoms with E-state index in [9.17, 15) is 4.79 Å². The maximum Gasteiger partial charge on any atom is 0.255 e. The highest BCUT2D eigenvalue weighted by Crippen LogP contribution is 2.23. The number of aromatic nitrogens is 3. The second-order valence-corrected chi connectivity index (χ2v) is 5.21. The highest BCUT2D eigenvalue weighted by atomic mass is 35.5. The second-order valence-electron chi connectivity index (χ2n) is 4.78. The Hall–Kier alpha value is -2.32. The van der Waals surface area contributed by atoms with Crippen LogP contribution < -0.4 is 21.5 Å². The normalized spacial score (nSPS) is 10.5. The minimum Gasteiger partial charge on any atom is -0.493 e. The maximum absolute atomic E-state index is 12.3. The number of halogens is 1. The van der Waals surface area contributed by atoms with Crippen molar-refractivity contribution < 1.29 is 9.53 Å². The van der Waals surface area contributed by atoms with Gasteiger partial charge in [-0.1, -0.05) is 11.6 Å². The summed E-state index contributed by atoms with van der Waals surface area (Å²) < 4.78 is 5.58. The number of nitrogens with one attached hydrogen (secondary N) is 2. The third-order valence-corrected chi connectivity index (χ3v) is 3.23. The summed E-state index contributed by atoms with van der Waals surface area (Å²) >= 11 is 5.95. The predicted molar refractivity (Wildman–Crippen MR) is 87.5 cm³/mol. The number of hydrogen-bond donors (Lipinski definition) is 4. The van der Waals surface area contributed by atoms with Crippen LogP contribution in [0.15, 0.2) is 18.2 Å². The van der Waals surface area contributed by atoms with Crippen molar-refractivity contribution in [2.45, 2.75) is 12.8 Å². The molecule has 6 N–H and O–H groups in total. The number of amides is 1. The van der Waals surface area contributed by atoms with Gasteiger partial charge < -0.3 is 21.5 Å². The Kier molecular flexibility index (Phi) is 6.19. The standard InChI is InChI=1S/C14H19ClN6O2/c15-9-2-3-10(11(8-9)23-7-1-5-16)13(22)18-6-4-12-19-14(17)21-20-12/h2-3,8H,1,4-7,16H2,(H,18,22)(H3,17,19,20,21). The molecule has 1 heterocycles. The number of carbonyl (C=O) groups is 1. The molecule has 0 saturated carbocycles. The van der Waals surface area contributed by atoms with Gasteiger partial charge in [0.2, 0.25) is 5.95 Å². The summed E-state index contributed by atoms with van der Waals surface area (Å²) in [5.41, 5.74) is 11.3. The fourth-order valence-corrected chi connectivity index (χ4v) is 2.04. The Bertz CT molecular complexity index is 660. The van der Waals surface area contributed by atoms with Gasteiger partial charge in [0.1, 0.15) is 11.6 Å². The van der Waals surface area contributed by atoms with Crippen LogP contribution in [0.2, 0.25) is 5.02 Å². The van der Waals surface area contributed by atoms with E-state index >= 15 is 0 Å². The molecule has 1 aromatic heterocycles. The first-order chi connectivity index (χ1) is 11.1. The van der Waals surface area contributed by atoms with E-state index in [-0.39, 0.29) is 11.9 Å². The summed E-state index contributed by atoms with van der Waals surface area (Å²) in [7, 11) is 0. The molecule has 9 heteroatoms. The number of nitrogens with two attached hydrogens (primary N) is 2. The van der Waals surface area contributed by atoms with Crippen LogP contribution in [-0.2, 0) is 6.42 Å². The molecule has 1 aromatic carbocycles. The van der Waals surface area contributed by atoms with Crippen LogP contribution in [0.4, 0.5) is 5.95 Å². The molecule has 0 unspecified atom stereocenters. The number of H-pyrrole nitrogens is 1. The Morgan fingerprint density at radius 2 is 2.26 bits per heavy atom. The van der Waals surface area contributed by atoms with Gasteiger partial charge in [0.25, 0.3) is 5.91 Å². The molecule has 2 aromatic rings. The van der Waals surface area contributed by atoms with Gasteiger partial charge in [0.15, 0.2) is 0 Å². The lowest BCUT2D eigenvalue weighted by atomic mass is 10.2. The van der Waals surface area contributed by atoms with E-state index in [1.807, 2.05) is 0 Å². The zero-order valence-corrected chi connectivity index (χ0v) is 13.3. The van der Waals surface area contributed by atoms with Crippen molar-refractivity contribution in [2.24, 2.45) is 5.73 Å². The zero-order chi connectivity index (χ0) is 16.7. The van der Waals surface area contributed by atoms with Crippen LogP contribution in [0.25, 0.3) is 0 Å². The van der Waals surface area contributed by atoms with Gasteiger partial charge in [-0.15, -0.1) is 5.10 Å². The molecule has 1 amide bonds. The number of nitrogen functional groups attached to an aromatic ring is 1. The van der Waals surface area contributed by atoms with Crippen molar-refractivity contribution in [3.8, 4) is 5.75 Å². The Morgan fingerprint density at radius 1 is 1.43 bits per heavy atom. The van der Waals surface area contributed by atoms with Crippen molar-refractivity contribution in [1.29, 1.82) is 0 Å². The topological polar surface area (TPSA) is 132 Å². The Morgan fingerprint density at radius 3 is 2.96 bits per heavy atom. The number of benzene rings is 1. The number of aromatic amines is 1. The van der Waals surface area contributed by atoms with E-state index in [0.717, 1.165) is 0 Å². The van der Waals surface area contributed by atoms with E-state index in [0.29, 0.717) is 54.7 Å². The maximum atomic E-state index is 12.3. The molecule has 8 nitrogen and oxygen atoms in total. The number of hydrogen-bond acceptors (Lipinski definition) is 6. The van der Waals surface area contributed by atoms with Crippen molar-refractivity contribution in [2.75, 3.05) is 25.4 Å². The van der Waals surface area contributed by atoms with E-state index in [1.54, 1.807) is 18.2 Å². The lowest BCUT2D eigenvalue weighted by Crippen LogP contribution is -2.26. The van der Waals surface area contributed by atoms with Crippen molar-refractivity contribution in [1.82, 2.24) is 20.5 Å². The molecular weight excluding hydrogens is 320 g/mol. The van der Waals surface area contributed by atoms with Crippen LogP contribution in [0.1, 0.15) is 22.6 Å². The van der Waals surface area contributed by atoms with Gasteiger partial charge in [0, 0.05) is 18.0 Å². The summed E-state index contributed by atoms with van der Waals surface area (Å²) in [6.07, 6.45) is 1.19. The highest BCUT2D eigenvalue weighted by Gasteiger charge is 2.13. The van der Waals surface area contributed by atoms with Crippen LogP contribution in [-0.4, -0.2) is 40.8 Å². The molecule has 0 radical (unpaired) electrons. The fourth-order valence-electron chi connectivity index (χ4n) is 1.88. The van der Waals surface area contributed by atoms with Gasteiger partial charge in [0.05, 0.1) is 12.2 Å². The van der Waals surface area contributed by atoms with Gasteiger partial charge >= 0.3 is 0 Å². The molecule has 124 valence electrons. The average molecular weight is 339 g/mol. The third kappa shape index (κ3) is 5.11. The summed E-state index contributed by atoms with van der Waals surface area (Å²) in [4.78, 5) is 16.2. The van der Waals surface area contributed by atoms with Gasteiger partial charge in [-0.05, 0) is 31.2 Å². The van der Waals surface area contributed by atoms with Crippen LogP contribution >= 0.6 is 11.6 Å². The quantitative estimate of drug-likeness (QED) is 0.525. The largest absolute Gasteiger partial charge is 0.493 e. The first-order valence-corrected chi connectivity index (χ1v) is 7.55. The van der Waals surface area contributed by atoms with E-state index < -0.39 is 0 Å². The molecule has 23 heavy (non-hydrogen) atoms. The molecule has 2 rings (SSSR count). The van der Waals surface area contributed by atoms with Crippen molar-refractivity contribution in [3.63, 3.8) is 0 Å². The molecule has 0 saturated heterocycles. The molecule has 0 fully saturated rings. The van der Waals surface area contributed by atoms with Crippen molar-refractivity contribution >= 4 is 23.5 Å². The number of nitrogens with zero attached hydrogens (tertiary/aromatic N) is 2. The first kappa shape index (κ1) is 17.0. The Balaban J connectivity index is 1.94. The molecule has 0 aliphatic heterocycles. The monoisotopic (exact) mass is 338 g/mol. The van der Waals surface area contributed by atoms with E-state index in [1.165, 1.54) is 0 Å². The smallest absolute Gasteiger partial charge is 0.255 e. The van der Waals surface area contributed by atoms with Gasteiger partial charge in [-0.3, -0.25) is 9.89 Å². The molecule has 0 aliphatic carbocycles. The van der Waals surface area contributed by atoms with Gasteiger partial charge in [-0.2, -0.15) is 4.98 Å². The van der Waals surface area contributed by atoms with Crippen molar-refractivity contribution in [3.05, 3.63) is 34.6 Å². The molecule has 0 spiro atoms. The van der Waals surface area contributed by atoms with E-state index in [2.05, 4.69) is 20.5 Å². The Labute approximate surface area is 138 Å². The predicted octanol–water partition coefficient (Wildman–Crippen LogP) is 0.740. The summed E-state index contributed by atoms with van der Waals surface area (Å²) in [5, 5.41) is 9.70. The first-order valence-electron chi connectivity index (χ1n) is 7.17. The molecule has 0 aliphatic rings. The summed E-state index contributed by atoms with van der Waals surface area (Å²) in [6.45, 7) is 1.33. The number of anilines is 1. The van der Waals surface area contributed by atoms with E-state index in [4.69, 9.17) is 27.8 Å². The average Bonchev–Trinajstić information content (AvgIpc) is 2.93. The second kappa shape index (κ2) is 8.35. The summed E-state index contributed by atoms with van der Waals surface area (Å²) in [5.74, 6) is 0.974.